The van der Waals surface area contributed by atoms with Crippen molar-refractivity contribution in [2.75, 3.05) is 0 Å². The van der Waals surface area contributed by atoms with Gasteiger partial charge in [-0.15, -0.1) is 11.6 Å². The average molecular weight is 297 g/mol. The summed E-state index contributed by atoms with van der Waals surface area (Å²) in [6.45, 7) is 8.47. The number of hydrogen-bond donors (Lipinski definition) is 0. The van der Waals surface area contributed by atoms with Gasteiger partial charge in [0.1, 0.15) is 11.6 Å². The van der Waals surface area contributed by atoms with Crippen LogP contribution in [0.3, 0.4) is 0 Å². The standard InChI is InChI=1S/C16H22ClFN2/c1-5-16(6-2,7-3)20-14-9-8-12(18)10-13(14)19-15(20)11(4)17/h8-11H,5-7H2,1-4H3. The zero-order valence-electron chi connectivity index (χ0n) is 12.6. The molecule has 0 aliphatic heterocycles. The number of aromatic nitrogens is 2. The SMILES string of the molecule is CCC(CC)(CC)n1c(C(C)Cl)nc2cc(F)ccc21. The van der Waals surface area contributed by atoms with Gasteiger partial charge in [-0.2, -0.15) is 0 Å². The van der Waals surface area contributed by atoms with E-state index in [9.17, 15) is 4.39 Å². The Morgan fingerprint density at radius 2 is 1.85 bits per heavy atom. The summed E-state index contributed by atoms with van der Waals surface area (Å²) < 4.78 is 15.7. The molecule has 0 aliphatic rings. The Hall–Kier alpha value is -1.09. The molecule has 20 heavy (non-hydrogen) atoms. The summed E-state index contributed by atoms with van der Waals surface area (Å²) in [4.78, 5) is 4.57. The van der Waals surface area contributed by atoms with Crippen LogP contribution in [0.4, 0.5) is 4.39 Å². The summed E-state index contributed by atoms with van der Waals surface area (Å²) >= 11 is 6.32. The minimum Gasteiger partial charge on any atom is -0.321 e. The monoisotopic (exact) mass is 296 g/mol. The van der Waals surface area contributed by atoms with Crippen LogP contribution < -0.4 is 0 Å². The van der Waals surface area contributed by atoms with Gasteiger partial charge in [0.2, 0.25) is 0 Å². The topological polar surface area (TPSA) is 17.8 Å². The van der Waals surface area contributed by atoms with Crippen molar-refractivity contribution in [1.29, 1.82) is 0 Å². The molecule has 2 nitrogen and oxygen atoms in total. The second-order valence-electron chi connectivity index (χ2n) is 5.34. The van der Waals surface area contributed by atoms with E-state index in [-0.39, 0.29) is 16.7 Å². The van der Waals surface area contributed by atoms with E-state index < -0.39 is 0 Å². The second-order valence-corrected chi connectivity index (χ2v) is 5.99. The molecule has 1 aromatic heterocycles. The van der Waals surface area contributed by atoms with Gasteiger partial charge < -0.3 is 4.57 Å². The molecule has 1 atom stereocenters. The molecule has 0 amide bonds. The molecule has 110 valence electrons. The van der Waals surface area contributed by atoms with E-state index in [2.05, 4.69) is 30.3 Å². The number of fused-ring (bicyclic) bond motifs is 1. The lowest BCUT2D eigenvalue weighted by Crippen LogP contribution is -2.33. The Morgan fingerprint density at radius 3 is 2.35 bits per heavy atom. The first-order valence-corrected chi connectivity index (χ1v) is 7.75. The number of benzene rings is 1. The van der Waals surface area contributed by atoms with Crippen molar-refractivity contribution >= 4 is 22.6 Å². The highest BCUT2D eigenvalue weighted by Crippen LogP contribution is 2.37. The van der Waals surface area contributed by atoms with Gasteiger partial charge in [-0.05, 0) is 38.3 Å². The molecule has 2 aromatic rings. The third-order valence-electron chi connectivity index (χ3n) is 4.45. The van der Waals surface area contributed by atoms with Crippen molar-refractivity contribution < 1.29 is 4.39 Å². The molecule has 2 rings (SSSR count). The number of imidazole rings is 1. The first-order chi connectivity index (χ1) is 9.49. The molecule has 1 heterocycles. The van der Waals surface area contributed by atoms with Crippen LogP contribution in [0.15, 0.2) is 18.2 Å². The first-order valence-electron chi connectivity index (χ1n) is 7.31. The Bertz CT molecular complexity index is 592. The third kappa shape index (κ3) is 2.32. The Labute approximate surface area is 125 Å². The maximum absolute atomic E-state index is 13.4. The Kier molecular flexibility index (Phi) is 4.38. The minimum absolute atomic E-state index is 0.00887. The fourth-order valence-electron chi connectivity index (χ4n) is 3.06. The summed E-state index contributed by atoms with van der Waals surface area (Å²) in [7, 11) is 0. The molecular weight excluding hydrogens is 275 g/mol. The average Bonchev–Trinajstić information content (AvgIpc) is 2.81. The molecular formula is C16H22ClFN2. The highest BCUT2D eigenvalue weighted by Gasteiger charge is 2.31. The number of rotatable bonds is 5. The van der Waals surface area contributed by atoms with Crippen molar-refractivity contribution in [1.82, 2.24) is 9.55 Å². The third-order valence-corrected chi connectivity index (χ3v) is 4.64. The maximum Gasteiger partial charge on any atom is 0.128 e. The van der Waals surface area contributed by atoms with Gasteiger partial charge in [0.05, 0.1) is 16.4 Å². The quantitative estimate of drug-likeness (QED) is 0.675. The fourth-order valence-corrected chi connectivity index (χ4v) is 3.21. The summed E-state index contributed by atoms with van der Waals surface area (Å²) in [6, 6.07) is 4.80. The van der Waals surface area contributed by atoms with Crippen molar-refractivity contribution in [3.63, 3.8) is 0 Å². The predicted octanol–water partition coefficient (Wildman–Crippen LogP) is 5.40. The second kappa shape index (κ2) is 5.72. The van der Waals surface area contributed by atoms with Crippen molar-refractivity contribution in [3.05, 3.63) is 29.8 Å². The summed E-state index contributed by atoms with van der Waals surface area (Å²) in [5, 5.41) is -0.200. The molecule has 0 spiro atoms. The van der Waals surface area contributed by atoms with E-state index in [1.54, 1.807) is 0 Å². The molecule has 0 aliphatic carbocycles. The van der Waals surface area contributed by atoms with Crippen molar-refractivity contribution in [2.45, 2.75) is 57.9 Å². The van der Waals surface area contributed by atoms with Gasteiger partial charge in [0.25, 0.3) is 0 Å². The van der Waals surface area contributed by atoms with Crippen LogP contribution in [0.5, 0.6) is 0 Å². The minimum atomic E-state index is -0.258. The number of nitrogens with zero attached hydrogens (tertiary/aromatic N) is 2. The zero-order chi connectivity index (χ0) is 14.9. The van der Waals surface area contributed by atoms with E-state index >= 15 is 0 Å². The van der Waals surface area contributed by atoms with Gasteiger partial charge in [0.15, 0.2) is 0 Å². The molecule has 0 saturated carbocycles. The highest BCUT2D eigenvalue weighted by atomic mass is 35.5. The lowest BCUT2D eigenvalue weighted by molar-refractivity contribution is 0.251. The molecule has 0 bridgehead atoms. The summed E-state index contributed by atoms with van der Waals surface area (Å²) in [6.07, 6.45) is 3.00. The molecule has 0 fully saturated rings. The molecule has 0 radical (unpaired) electrons. The number of hydrogen-bond acceptors (Lipinski definition) is 1. The van der Waals surface area contributed by atoms with Crippen LogP contribution in [-0.2, 0) is 5.54 Å². The van der Waals surface area contributed by atoms with E-state index in [0.29, 0.717) is 5.52 Å². The van der Waals surface area contributed by atoms with E-state index in [1.165, 1.54) is 12.1 Å². The first kappa shape index (κ1) is 15.3. The van der Waals surface area contributed by atoms with Gasteiger partial charge in [0, 0.05) is 11.6 Å². The van der Waals surface area contributed by atoms with Crippen LogP contribution in [-0.4, -0.2) is 9.55 Å². The predicted molar refractivity (Wildman–Crippen MR) is 82.8 cm³/mol. The van der Waals surface area contributed by atoms with Crippen molar-refractivity contribution in [3.8, 4) is 0 Å². The van der Waals surface area contributed by atoms with Gasteiger partial charge in [-0.3, -0.25) is 0 Å². The van der Waals surface area contributed by atoms with Crippen LogP contribution in [0.2, 0.25) is 0 Å². The van der Waals surface area contributed by atoms with Crippen LogP contribution in [0.25, 0.3) is 11.0 Å². The largest absolute Gasteiger partial charge is 0.321 e. The fraction of sp³-hybridized carbons (Fsp3) is 0.562. The molecule has 1 unspecified atom stereocenters. The normalized spacial score (nSPS) is 13.9. The molecule has 0 N–H and O–H groups in total. The smallest absolute Gasteiger partial charge is 0.128 e. The Morgan fingerprint density at radius 1 is 1.25 bits per heavy atom. The van der Waals surface area contributed by atoms with Gasteiger partial charge in [-0.25, -0.2) is 9.37 Å². The van der Waals surface area contributed by atoms with Gasteiger partial charge in [-0.1, -0.05) is 20.8 Å². The molecule has 0 saturated heterocycles. The van der Waals surface area contributed by atoms with E-state index in [4.69, 9.17) is 11.6 Å². The van der Waals surface area contributed by atoms with Crippen LogP contribution in [0.1, 0.15) is 58.2 Å². The summed E-state index contributed by atoms with van der Waals surface area (Å²) in [5.74, 6) is 0.573. The summed E-state index contributed by atoms with van der Waals surface area (Å²) in [5.41, 5.74) is 1.65. The van der Waals surface area contributed by atoms with Crippen molar-refractivity contribution in [2.24, 2.45) is 0 Å². The zero-order valence-corrected chi connectivity index (χ0v) is 13.3. The van der Waals surface area contributed by atoms with E-state index in [0.717, 1.165) is 30.6 Å². The lowest BCUT2D eigenvalue weighted by atomic mass is 9.89. The van der Waals surface area contributed by atoms with Gasteiger partial charge >= 0.3 is 0 Å². The van der Waals surface area contributed by atoms with E-state index in [1.807, 2.05) is 13.0 Å². The highest BCUT2D eigenvalue weighted by molar-refractivity contribution is 6.20. The number of alkyl halides is 1. The lowest BCUT2D eigenvalue weighted by Gasteiger charge is -2.35. The van der Waals surface area contributed by atoms with Crippen LogP contribution >= 0.6 is 11.6 Å². The van der Waals surface area contributed by atoms with Crippen LogP contribution in [0, 0.1) is 5.82 Å². The number of halogens is 2. The Balaban J connectivity index is 2.80. The molecule has 1 aromatic carbocycles. The molecule has 4 heteroatoms. The maximum atomic E-state index is 13.4.